The highest BCUT2D eigenvalue weighted by Crippen LogP contribution is 2.22. The third-order valence-corrected chi connectivity index (χ3v) is 3.71. The maximum absolute atomic E-state index is 11.7. The molecule has 18 heavy (non-hydrogen) atoms. The number of hydrogen-bond donors (Lipinski definition) is 2. The summed E-state index contributed by atoms with van der Waals surface area (Å²) in [5, 5.41) is 12.0. The van der Waals surface area contributed by atoms with Gasteiger partial charge in [0.15, 0.2) is 0 Å². The number of benzene rings is 1. The molecule has 98 valence electrons. The van der Waals surface area contributed by atoms with Crippen LogP contribution in [0, 0.1) is 5.92 Å². The third-order valence-electron chi connectivity index (χ3n) is 3.71. The van der Waals surface area contributed by atoms with E-state index in [0.717, 1.165) is 12.0 Å². The Balaban J connectivity index is 1.92. The van der Waals surface area contributed by atoms with E-state index < -0.39 is 0 Å². The number of carbonyl (C=O) groups excluding carboxylic acids is 1. The van der Waals surface area contributed by atoms with Gasteiger partial charge in [-0.2, -0.15) is 0 Å². The van der Waals surface area contributed by atoms with E-state index in [0.29, 0.717) is 13.0 Å². The van der Waals surface area contributed by atoms with E-state index in [2.05, 4.69) is 23.5 Å². The average Bonchev–Trinajstić information content (AvgIpc) is 2.85. The Morgan fingerprint density at radius 2 is 2.17 bits per heavy atom. The van der Waals surface area contributed by atoms with Gasteiger partial charge in [0.2, 0.25) is 5.91 Å². The van der Waals surface area contributed by atoms with Gasteiger partial charge in [0.05, 0.1) is 12.5 Å². The van der Waals surface area contributed by atoms with Crippen LogP contribution in [0.2, 0.25) is 0 Å². The standard InChI is InChI=1S/C15H21NO2/c1-2-12(10-17)15(18)16-9-11-6-7-13-4-3-5-14(13)8-11/h6-8,12,17H,2-5,9-10H2,1H3,(H,16,18). The molecule has 1 atom stereocenters. The van der Waals surface area contributed by atoms with Gasteiger partial charge in [0.1, 0.15) is 0 Å². The molecule has 0 spiro atoms. The zero-order valence-electron chi connectivity index (χ0n) is 10.9. The predicted octanol–water partition coefficient (Wildman–Crippen LogP) is 1.81. The van der Waals surface area contributed by atoms with Gasteiger partial charge < -0.3 is 10.4 Å². The number of carbonyl (C=O) groups is 1. The quantitative estimate of drug-likeness (QED) is 0.833. The van der Waals surface area contributed by atoms with Crippen molar-refractivity contribution in [2.45, 2.75) is 39.2 Å². The van der Waals surface area contributed by atoms with Crippen LogP contribution in [0.15, 0.2) is 18.2 Å². The molecule has 1 aliphatic rings. The first-order valence-corrected chi connectivity index (χ1v) is 6.73. The molecular weight excluding hydrogens is 226 g/mol. The molecule has 0 saturated carbocycles. The lowest BCUT2D eigenvalue weighted by Crippen LogP contribution is -2.31. The molecule has 1 aromatic carbocycles. The van der Waals surface area contributed by atoms with Crippen molar-refractivity contribution >= 4 is 5.91 Å². The first-order valence-electron chi connectivity index (χ1n) is 6.73. The second kappa shape index (κ2) is 6.01. The fourth-order valence-electron chi connectivity index (χ4n) is 2.47. The molecular formula is C15H21NO2. The molecule has 3 nitrogen and oxygen atoms in total. The zero-order chi connectivity index (χ0) is 13.0. The number of aliphatic hydroxyl groups is 1. The van der Waals surface area contributed by atoms with Gasteiger partial charge in [0, 0.05) is 6.54 Å². The van der Waals surface area contributed by atoms with Crippen LogP contribution in [0.4, 0.5) is 0 Å². The number of amides is 1. The molecule has 1 aromatic rings. The van der Waals surface area contributed by atoms with E-state index in [4.69, 9.17) is 5.11 Å². The van der Waals surface area contributed by atoms with Crippen molar-refractivity contribution in [1.29, 1.82) is 0 Å². The molecule has 3 heteroatoms. The molecule has 0 fully saturated rings. The van der Waals surface area contributed by atoms with Crippen LogP contribution in [0.1, 0.15) is 36.5 Å². The molecule has 0 aliphatic heterocycles. The van der Waals surface area contributed by atoms with E-state index in [1.165, 1.54) is 24.0 Å². The minimum atomic E-state index is -0.278. The highest BCUT2D eigenvalue weighted by molar-refractivity contribution is 5.78. The fourth-order valence-corrected chi connectivity index (χ4v) is 2.47. The van der Waals surface area contributed by atoms with Crippen LogP contribution in [0.3, 0.4) is 0 Å². The van der Waals surface area contributed by atoms with Crippen molar-refractivity contribution < 1.29 is 9.90 Å². The van der Waals surface area contributed by atoms with E-state index in [9.17, 15) is 4.79 Å². The van der Waals surface area contributed by atoms with E-state index >= 15 is 0 Å². The van der Waals surface area contributed by atoms with Gasteiger partial charge in [0.25, 0.3) is 0 Å². The van der Waals surface area contributed by atoms with E-state index in [1.54, 1.807) is 0 Å². The van der Waals surface area contributed by atoms with Gasteiger partial charge in [-0.25, -0.2) is 0 Å². The van der Waals surface area contributed by atoms with Crippen LogP contribution in [0.25, 0.3) is 0 Å². The summed E-state index contributed by atoms with van der Waals surface area (Å²) in [7, 11) is 0. The number of aryl methyl sites for hydroxylation is 2. The van der Waals surface area contributed by atoms with Crippen LogP contribution < -0.4 is 5.32 Å². The smallest absolute Gasteiger partial charge is 0.225 e. The largest absolute Gasteiger partial charge is 0.396 e. The first kappa shape index (κ1) is 13.1. The highest BCUT2D eigenvalue weighted by atomic mass is 16.3. The monoisotopic (exact) mass is 247 g/mol. The summed E-state index contributed by atoms with van der Waals surface area (Å²) >= 11 is 0. The van der Waals surface area contributed by atoms with Crippen molar-refractivity contribution in [2.75, 3.05) is 6.61 Å². The van der Waals surface area contributed by atoms with Crippen LogP contribution >= 0.6 is 0 Å². The summed E-state index contributed by atoms with van der Waals surface area (Å²) in [5.41, 5.74) is 4.03. The second-order valence-electron chi connectivity index (χ2n) is 4.96. The Kier molecular flexibility index (Phi) is 4.37. The molecule has 2 rings (SSSR count). The first-order chi connectivity index (χ1) is 8.74. The number of fused-ring (bicyclic) bond motifs is 1. The van der Waals surface area contributed by atoms with Crippen LogP contribution in [0.5, 0.6) is 0 Å². The van der Waals surface area contributed by atoms with Crippen LogP contribution in [-0.2, 0) is 24.2 Å². The maximum Gasteiger partial charge on any atom is 0.225 e. The number of aliphatic hydroxyl groups excluding tert-OH is 1. The predicted molar refractivity (Wildman–Crippen MR) is 71.2 cm³/mol. The molecule has 1 aliphatic carbocycles. The van der Waals surface area contributed by atoms with Crippen molar-refractivity contribution in [3.8, 4) is 0 Å². The van der Waals surface area contributed by atoms with Crippen molar-refractivity contribution in [3.05, 3.63) is 34.9 Å². The normalized spacial score (nSPS) is 15.2. The Morgan fingerprint density at radius 3 is 2.89 bits per heavy atom. The summed E-state index contributed by atoms with van der Waals surface area (Å²) in [6, 6.07) is 6.46. The van der Waals surface area contributed by atoms with Crippen LogP contribution in [-0.4, -0.2) is 17.6 Å². The number of rotatable bonds is 5. The lowest BCUT2D eigenvalue weighted by molar-refractivity contribution is -0.126. The Labute approximate surface area is 108 Å². The SMILES string of the molecule is CCC(CO)C(=O)NCc1ccc2c(c1)CCC2. The average molecular weight is 247 g/mol. The molecule has 1 unspecified atom stereocenters. The summed E-state index contributed by atoms with van der Waals surface area (Å²) < 4.78 is 0. The molecule has 0 radical (unpaired) electrons. The van der Waals surface area contributed by atoms with Gasteiger partial charge in [-0.15, -0.1) is 0 Å². The Bertz CT molecular complexity index is 425. The van der Waals surface area contributed by atoms with Gasteiger partial charge >= 0.3 is 0 Å². The van der Waals surface area contributed by atoms with E-state index in [-0.39, 0.29) is 18.4 Å². The summed E-state index contributed by atoms with van der Waals surface area (Å²) in [6.45, 7) is 2.39. The molecule has 1 amide bonds. The van der Waals surface area contributed by atoms with E-state index in [1.807, 2.05) is 6.92 Å². The highest BCUT2D eigenvalue weighted by Gasteiger charge is 2.15. The maximum atomic E-state index is 11.7. The molecule has 2 N–H and O–H groups in total. The van der Waals surface area contributed by atoms with Crippen molar-refractivity contribution in [2.24, 2.45) is 5.92 Å². The topological polar surface area (TPSA) is 49.3 Å². The third kappa shape index (κ3) is 2.91. The summed E-state index contributed by atoms with van der Waals surface area (Å²) in [5.74, 6) is -0.333. The van der Waals surface area contributed by atoms with Gasteiger partial charge in [-0.1, -0.05) is 25.1 Å². The molecule has 0 aromatic heterocycles. The van der Waals surface area contributed by atoms with Gasteiger partial charge in [-0.3, -0.25) is 4.79 Å². The summed E-state index contributed by atoms with van der Waals surface area (Å²) in [6.07, 6.45) is 4.26. The number of nitrogens with one attached hydrogen (secondary N) is 1. The van der Waals surface area contributed by atoms with Crippen molar-refractivity contribution in [3.63, 3.8) is 0 Å². The summed E-state index contributed by atoms with van der Waals surface area (Å²) in [4.78, 5) is 11.7. The minimum absolute atomic E-state index is 0.0551. The number of hydrogen-bond acceptors (Lipinski definition) is 2. The Morgan fingerprint density at radius 1 is 1.39 bits per heavy atom. The van der Waals surface area contributed by atoms with Crippen molar-refractivity contribution in [1.82, 2.24) is 5.32 Å². The lowest BCUT2D eigenvalue weighted by atomic mass is 10.1. The Hall–Kier alpha value is -1.35. The molecule has 0 bridgehead atoms. The fraction of sp³-hybridized carbons (Fsp3) is 0.533. The lowest BCUT2D eigenvalue weighted by Gasteiger charge is -2.12. The van der Waals surface area contributed by atoms with Gasteiger partial charge in [-0.05, 0) is 42.4 Å². The second-order valence-corrected chi connectivity index (χ2v) is 4.96. The minimum Gasteiger partial charge on any atom is -0.396 e. The molecule has 0 heterocycles. The zero-order valence-corrected chi connectivity index (χ0v) is 10.9. The molecule has 0 saturated heterocycles.